The molecule has 7 heteroatoms. The first-order valence-electron chi connectivity index (χ1n) is 6.02. The number of carbonyl (C=O) groups is 1. The fraction of sp³-hybridized carbons (Fsp3) is 0.308. The molecule has 5 N–H and O–H groups in total. The molecule has 1 rings (SSSR count). The van der Waals surface area contributed by atoms with Crippen molar-refractivity contribution in [2.75, 3.05) is 17.7 Å². The maximum Gasteiger partial charge on any atom is 0.221 e. The highest BCUT2D eigenvalue weighted by Gasteiger charge is 2.08. The number of aliphatic imine (C=N–C) groups is 1. The Morgan fingerprint density at radius 2 is 1.80 bits per heavy atom. The minimum atomic E-state index is -0.103. The topological polar surface area (TPSA) is 91.5 Å². The van der Waals surface area contributed by atoms with Gasteiger partial charge in [-0.15, -0.1) is 0 Å². The molecule has 1 aromatic rings. The molecule has 0 fully saturated rings. The molecular weight excluding hydrogens is 274 g/mol. The van der Waals surface area contributed by atoms with Gasteiger partial charge in [0.2, 0.25) is 5.91 Å². The number of nitrogens with two attached hydrogens (primary N) is 1. The van der Waals surface area contributed by atoms with Crippen LogP contribution in [0.15, 0.2) is 17.1 Å². The van der Waals surface area contributed by atoms with Crippen molar-refractivity contribution in [1.29, 1.82) is 0 Å². The molecular formula is C13H19N5OS. The number of guanidine groups is 1. The summed E-state index contributed by atoms with van der Waals surface area (Å²) < 4.78 is 0. The van der Waals surface area contributed by atoms with Crippen LogP contribution in [0.3, 0.4) is 0 Å². The molecule has 0 aliphatic carbocycles. The van der Waals surface area contributed by atoms with Gasteiger partial charge in [0.15, 0.2) is 11.1 Å². The molecule has 0 radical (unpaired) electrons. The van der Waals surface area contributed by atoms with E-state index in [1.54, 1.807) is 7.05 Å². The number of anilines is 2. The van der Waals surface area contributed by atoms with Crippen molar-refractivity contribution in [3.8, 4) is 0 Å². The van der Waals surface area contributed by atoms with E-state index < -0.39 is 0 Å². The Morgan fingerprint density at radius 3 is 2.25 bits per heavy atom. The predicted molar refractivity (Wildman–Crippen MR) is 87.1 cm³/mol. The van der Waals surface area contributed by atoms with Crippen molar-refractivity contribution in [3.05, 3.63) is 23.3 Å². The van der Waals surface area contributed by atoms with Crippen molar-refractivity contribution in [2.24, 2.45) is 10.7 Å². The predicted octanol–water partition coefficient (Wildman–Crippen LogP) is 1.49. The summed E-state index contributed by atoms with van der Waals surface area (Å²) in [4.78, 5) is 14.8. The lowest BCUT2D eigenvalue weighted by Gasteiger charge is -2.16. The first kappa shape index (κ1) is 15.9. The van der Waals surface area contributed by atoms with E-state index in [0.717, 1.165) is 22.5 Å². The van der Waals surface area contributed by atoms with E-state index in [0.29, 0.717) is 5.11 Å². The summed E-state index contributed by atoms with van der Waals surface area (Å²) in [6, 6.07) is 3.74. The number of aryl methyl sites for hydroxylation is 2. The van der Waals surface area contributed by atoms with Gasteiger partial charge >= 0.3 is 0 Å². The van der Waals surface area contributed by atoms with Gasteiger partial charge in [-0.3, -0.25) is 9.79 Å². The van der Waals surface area contributed by atoms with E-state index in [2.05, 4.69) is 20.9 Å². The van der Waals surface area contributed by atoms with Gasteiger partial charge in [0.05, 0.1) is 0 Å². The number of carbonyl (C=O) groups excluding carboxylic acids is 1. The third-order valence-electron chi connectivity index (χ3n) is 2.57. The average Bonchev–Trinajstić information content (AvgIpc) is 2.32. The molecule has 0 atom stereocenters. The van der Waals surface area contributed by atoms with Crippen LogP contribution in [0.1, 0.15) is 18.1 Å². The smallest absolute Gasteiger partial charge is 0.221 e. The highest BCUT2D eigenvalue weighted by atomic mass is 32.1. The fourth-order valence-electron chi connectivity index (χ4n) is 1.75. The lowest BCUT2D eigenvalue weighted by Crippen LogP contribution is -2.39. The number of thiocarbonyl (C=S) groups is 1. The minimum absolute atomic E-state index is 0.103. The molecule has 0 spiro atoms. The van der Waals surface area contributed by atoms with Crippen LogP contribution in [0.4, 0.5) is 11.4 Å². The summed E-state index contributed by atoms with van der Waals surface area (Å²) >= 11 is 5.15. The first-order valence-corrected chi connectivity index (χ1v) is 6.43. The van der Waals surface area contributed by atoms with Gasteiger partial charge < -0.3 is 21.7 Å². The second kappa shape index (κ2) is 6.85. The van der Waals surface area contributed by atoms with Crippen LogP contribution < -0.4 is 21.7 Å². The van der Waals surface area contributed by atoms with Crippen molar-refractivity contribution in [1.82, 2.24) is 5.32 Å². The zero-order chi connectivity index (χ0) is 15.3. The molecule has 0 aliphatic rings. The molecule has 6 nitrogen and oxygen atoms in total. The summed E-state index contributed by atoms with van der Waals surface area (Å²) in [7, 11) is 1.57. The Labute approximate surface area is 123 Å². The van der Waals surface area contributed by atoms with Crippen LogP contribution in [0, 0.1) is 13.8 Å². The molecule has 0 aromatic heterocycles. The summed E-state index contributed by atoms with van der Waals surface area (Å²) in [6.45, 7) is 5.34. The maximum atomic E-state index is 11.1. The van der Waals surface area contributed by atoms with Gasteiger partial charge in [-0.25, -0.2) is 0 Å². The summed E-state index contributed by atoms with van der Waals surface area (Å²) in [5.74, 6) is 0.140. The van der Waals surface area contributed by atoms with Crippen LogP contribution in [0.5, 0.6) is 0 Å². The van der Waals surface area contributed by atoms with Crippen LogP contribution in [-0.4, -0.2) is 24.0 Å². The number of hydrogen-bond donors (Lipinski definition) is 4. The van der Waals surface area contributed by atoms with E-state index in [1.165, 1.54) is 6.92 Å². The molecule has 20 heavy (non-hydrogen) atoms. The monoisotopic (exact) mass is 293 g/mol. The van der Waals surface area contributed by atoms with Gasteiger partial charge in [-0.1, -0.05) is 0 Å². The van der Waals surface area contributed by atoms with E-state index in [4.69, 9.17) is 18.0 Å². The molecule has 0 heterocycles. The number of rotatable bonds is 2. The Kier molecular flexibility index (Phi) is 5.45. The zero-order valence-electron chi connectivity index (χ0n) is 12.0. The molecule has 1 amide bonds. The van der Waals surface area contributed by atoms with E-state index in [9.17, 15) is 4.79 Å². The number of nitrogens with zero attached hydrogens (tertiary/aromatic N) is 1. The van der Waals surface area contributed by atoms with Crippen LogP contribution in [0.2, 0.25) is 0 Å². The normalized spacial score (nSPS) is 10.9. The van der Waals surface area contributed by atoms with Crippen LogP contribution >= 0.6 is 12.2 Å². The van der Waals surface area contributed by atoms with Gasteiger partial charge in [0.1, 0.15) is 0 Å². The second-order valence-corrected chi connectivity index (χ2v) is 4.76. The molecule has 108 valence electrons. The third-order valence-corrected chi connectivity index (χ3v) is 2.78. The van der Waals surface area contributed by atoms with Gasteiger partial charge in [-0.05, 0) is 49.3 Å². The molecule has 0 bridgehead atoms. The summed E-state index contributed by atoms with van der Waals surface area (Å²) in [6.07, 6.45) is 0. The van der Waals surface area contributed by atoms with E-state index in [1.807, 2.05) is 26.0 Å². The van der Waals surface area contributed by atoms with Crippen molar-refractivity contribution in [3.63, 3.8) is 0 Å². The largest absolute Gasteiger partial charge is 0.370 e. The Hall–Kier alpha value is -2.15. The summed E-state index contributed by atoms with van der Waals surface area (Å²) in [5.41, 5.74) is 9.10. The second-order valence-electron chi connectivity index (χ2n) is 4.35. The Morgan fingerprint density at radius 1 is 1.25 bits per heavy atom. The highest BCUT2D eigenvalue weighted by molar-refractivity contribution is 7.80. The van der Waals surface area contributed by atoms with Crippen molar-refractivity contribution in [2.45, 2.75) is 20.8 Å². The van der Waals surface area contributed by atoms with Crippen molar-refractivity contribution < 1.29 is 4.79 Å². The van der Waals surface area contributed by atoms with Gasteiger partial charge in [0.25, 0.3) is 0 Å². The first-order chi connectivity index (χ1) is 9.33. The number of nitrogens with one attached hydrogen (secondary N) is 3. The van der Waals surface area contributed by atoms with Gasteiger partial charge in [-0.2, -0.15) is 0 Å². The lowest BCUT2D eigenvalue weighted by atomic mass is 10.1. The standard InChI is InChI=1S/C13H19N5OS/c1-7-5-10(16-9(3)19)6-8(2)11(7)17-13(20)18-12(14)15-4/h5-6H,1-4H3,(H,16,19)(H4,14,15,17,18,20). The van der Waals surface area contributed by atoms with Gasteiger partial charge in [0, 0.05) is 25.3 Å². The highest BCUT2D eigenvalue weighted by Crippen LogP contribution is 2.24. The molecule has 0 saturated heterocycles. The molecule has 1 aromatic carbocycles. The Bertz CT molecular complexity index is 545. The maximum absolute atomic E-state index is 11.1. The minimum Gasteiger partial charge on any atom is -0.370 e. The fourth-order valence-corrected chi connectivity index (χ4v) is 1.96. The zero-order valence-corrected chi connectivity index (χ0v) is 12.8. The van der Waals surface area contributed by atoms with Crippen LogP contribution in [-0.2, 0) is 4.79 Å². The number of amides is 1. The van der Waals surface area contributed by atoms with Crippen molar-refractivity contribution >= 4 is 40.6 Å². The Balaban J connectivity index is 2.91. The molecule has 0 unspecified atom stereocenters. The third kappa shape index (κ3) is 4.51. The van der Waals surface area contributed by atoms with E-state index >= 15 is 0 Å². The van der Waals surface area contributed by atoms with Crippen LogP contribution in [0.25, 0.3) is 0 Å². The number of hydrogen-bond acceptors (Lipinski definition) is 3. The quantitative estimate of drug-likeness (QED) is 0.377. The summed E-state index contributed by atoms with van der Waals surface area (Å²) in [5, 5.41) is 8.95. The number of benzene rings is 1. The average molecular weight is 293 g/mol. The lowest BCUT2D eigenvalue weighted by molar-refractivity contribution is -0.114. The SMILES string of the molecule is CN=C(N)NC(=S)Nc1c(C)cc(NC(C)=O)cc1C. The molecule has 0 aliphatic heterocycles. The molecule has 0 saturated carbocycles. The van der Waals surface area contributed by atoms with E-state index in [-0.39, 0.29) is 11.9 Å².